The van der Waals surface area contributed by atoms with Gasteiger partial charge in [0.25, 0.3) is 0 Å². The first kappa shape index (κ1) is 29.7. The molecule has 0 spiro atoms. The van der Waals surface area contributed by atoms with Crippen LogP contribution in [0.2, 0.25) is 0 Å². The van der Waals surface area contributed by atoms with E-state index in [1.807, 2.05) is 39.0 Å². The van der Waals surface area contributed by atoms with Crippen molar-refractivity contribution in [3.05, 3.63) is 42.9 Å². The number of ether oxygens (including phenoxy) is 1. The van der Waals surface area contributed by atoms with E-state index < -0.39 is 23.5 Å². The van der Waals surface area contributed by atoms with Crippen LogP contribution in [0.5, 0.6) is 5.75 Å². The normalized spacial score (nSPS) is 16.6. The van der Waals surface area contributed by atoms with Crippen molar-refractivity contribution in [3.8, 4) is 5.75 Å². The number of rotatable bonds is 9. The molecule has 4 N–H and O–H groups in total. The van der Waals surface area contributed by atoms with Crippen LogP contribution in [0.25, 0.3) is 10.9 Å². The number of fused-ring (bicyclic) bond motifs is 1. The van der Waals surface area contributed by atoms with E-state index in [1.165, 1.54) is 13.4 Å². The van der Waals surface area contributed by atoms with Crippen LogP contribution in [0.1, 0.15) is 40.5 Å². The number of methoxy groups -OCH3 is 1. The number of benzene rings is 1. The van der Waals surface area contributed by atoms with E-state index in [0.29, 0.717) is 53.4 Å². The molecule has 0 saturated carbocycles. The van der Waals surface area contributed by atoms with Gasteiger partial charge in [-0.15, -0.1) is 0 Å². The van der Waals surface area contributed by atoms with Crippen molar-refractivity contribution in [1.82, 2.24) is 30.5 Å². The minimum atomic E-state index is -0.799. The maximum absolute atomic E-state index is 13.8. The van der Waals surface area contributed by atoms with Gasteiger partial charge in [-0.25, -0.2) is 15.0 Å². The smallest absolute Gasteiger partial charge is 0.247 e. The van der Waals surface area contributed by atoms with Crippen molar-refractivity contribution in [2.45, 2.75) is 58.7 Å². The Bertz CT molecular complexity index is 1410. The molecule has 3 unspecified atom stereocenters. The lowest BCUT2D eigenvalue weighted by atomic mass is 9.85. The molecular weight excluding hydrogens is 524 g/mol. The number of nitrogens with zero attached hydrogens (tertiary/aromatic N) is 4. The Kier molecular flexibility index (Phi) is 9.01. The summed E-state index contributed by atoms with van der Waals surface area (Å²) in [5.41, 5.74) is 0.472. The SMILES string of the molecule is CNC(C)C(=O)NC(C(=O)N1CCCC1C(=O)Nc1cc2c(Nc3ccccn3)ncnc2cc1OC)C(C)(C)C. The minimum absolute atomic E-state index is 0.279. The highest BCUT2D eigenvalue weighted by atomic mass is 16.5. The number of likely N-dealkylation sites (tertiary alicyclic amines) is 1. The molecule has 3 amide bonds. The Morgan fingerprint density at radius 3 is 2.56 bits per heavy atom. The Labute approximate surface area is 239 Å². The number of anilines is 3. The number of likely N-dealkylation sites (N-methyl/N-ethyl adjacent to an activating group) is 1. The fourth-order valence-corrected chi connectivity index (χ4v) is 4.74. The fraction of sp³-hybridized carbons (Fsp3) is 0.448. The number of hydrogen-bond donors (Lipinski definition) is 4. The molecule has 3 heterocycles. The van der Waals surface area contributed by atoms with E-state index in [-0.39, 0.29) is 17.7 Å². The van der Waals surface area contributed by atoms with Crippen LogP contribution in [0.3, 0.4) is 0 Å². The molecule has 0 bridgehead atoms. The molecule has 218 valence electrons. The van der Waals surface area contributed by atoms with Gasteiger partial charge >= 0.3 is 0 Å². The molecule has 3 aromatic rings. The van der Waals surface area contributed by atoms with Crippen LogP contribution in [0.15, 0.2) is 42.9 Å². The van der Waals surface area contributed by atoms with Gasteiger partial charge in [0.1, 0.15) is 35.8 Å². The summed E-state index contributed by atoms with van der Waals surface area (Å²) in [5, 5.41) is 12.6. The van der Waals surface area contributed by atoms with Crippen LogP contribution in [-0.4, -0.2) is 76.4 Å². The summed E-state index contributed by atoms with van der Waals surface area (Å²) in [6, 6.07) is 7.00. The van der Waals surface area contributed by atoms with Crippen molar-refractivity contribution in [2.75, 3.05) is 31.3 Å². The molecule has 1 aliphatic heterocycles. The van der Waals surface area contributed by atoms with Crippen LogP contribution < -0.4 is 26.0 Å². The van der Waals surface area contributed by atoms with Crippen LogP contribution in [0.4, 0.5) is 17.3 Å². The van der Waals surface area contributed by atoms with Crippen molar-refractivity contribution >= 4 is 45.9 Å². The third-order valence-electron chi connectivity index (χ3n) is 7.19. The summed E-state index contributed by atoms with van der Waals surface area (Å²) in [4.78, 5) is 54.7. The summed E-state index contributed by atoms with van der Waals surface area (Å²) < 4.78 is 5.57. The van der Waals surface area contributed by atoms with E-state index in [0.717, 1.165) is 0 Å². The van der Waals surface area contributed by atoms with Gasteiger partial charge in [-0.05, 0) is 50.4 Å². The second-order valence-corrected chi connectivity index (χ2v) is 11.1. The third kappa shape index (κ3) is 6.71. The average Bonchev–Trinajstić information content (AvgIpc) is 3.45. The molecule has 1 aromatic carbocycles. The third-order valence-corrected chi connectivity index (χ3v) is 7.19. The van der Waals surface area contributed by atoms with Crippen molar-refractivity contribution in [1.29, 1.82) is 0 Å². The molecule has 4 rings (SSSR count). The molecule has 12 nitrogen and oxygen atoms in total. The minimum Gasteiger partial charge on any atom is -0.494 e. The van der Waals surface area contributed by atoms with Gasteiger partial charge in [0.2, 0.25) is 17.7 Å². The highest BCUT2D eigenvalue weighted by Gasteiger charge is 2.42. The summed E-state index contributed by atoms with van der Waals surface area (Å²) in [6.07, 6.45) is 4.28. The number of hydrogen-bond acceptors (Lipinski definition) is 9. The topological polar surface area (TPSA) is 150 Å². The van der Waals surface area contributed by atoms with Crippen molar-refractivity contribution in [2.24, 2.45) is 5.41 Å². The van der Waals surface area contributed by atoms with E-state index in [2.05, 4.69) is 36.2 Å². The molecule has 0 radical (unpaired) electrons. The summed E-state index contributed by atoms with van der Waals surface area (Å²) >= 11 is 0. The second kappa shape index (κ2) is 12.5. The van der Waals surface area contributed by atoms with Gasteiger partial charge in [-0.3, -0.25) is 14.4 Å². The molecule has 12 heteroatoms. The molecule has 1 fully saturated rings. The zero-order valence-electron chi connectivity index (χ0n) is 24.3. The predicted molar refractivity (Wildman–Crippen MR) is 157 cm³/mol. The number of aromatic nitrogens is 3. The van der Waals surface area contributed by atoms with E-state index in [9.17, 15) is 14.4 Å². The quantitative estimate of drug-likeness (QED) is 0.309. The number of amides is 3. The Balaban J connectivity index is 1.59. The highest BCUT2D eigenvalue weighted by Crippen LogP contribution is 2.34. The first-order valence-electron chi connectivity index (χ1n) is 13.6. The summed E-state index contributed by atoms with van der Waals surface area (Å²) in [7, 11) is 3.20. The largest absolute Gasteiger partial charge is 0.494 e. The Hall–Kier alpha value is -4.32. The maximum atomic E-state index is 13.8. The molecule has 0 aliphatic carbocycles. The second-order valence-electron chi connectivity index (χ2n) is 11.1. The number of nitrogens with one attached hydrogen (secondary N) is 4. The van der Waals surface area contributed by atoms with E-state index in [4.69, 9.17) is 4.74 Å². The molecular formula is C29H38N8O4. The first-order chi connectivity index (χ1) is 19.5. The van der Waals surface area contributed by atoms with Gasteiger partial charge in [0.15, 0.2) is 0 Å². The molecule has 2 aromatic heterocycles. The zero-order chi connectivity index (χ0) is 29.7. The molecule has 3 atom stereocenters. The predicted octanol–water partition coefficient (Wildman–Crippen LogP) is 2.85. The van der Waals surface area contributed by atoms with Gasteiger partial charge in [0.05, 0.1) is 24.4 Å². The van der Waals surface area contributed by atoms with Gasteiger partial charge in [-0.1, -0.05) is 26.8 Å². The average molecular weight is 563 g/mol. The Morgan fingerprint density at radius 1 is 1.12 bits per heavy atom. The van der Waals surface area contributed by atoms with Crippen LogP contribution >= 0.6 is 0 Å². The fourth-order valence-electron chi connectivity index (χ4n) is 4.74. The zero-order valence-corrected chi connectivity index (χ0v) is 24.3. The van der Waals surface area contributed by atoms with Crippen molar-refractivity contribution in [3.63, 3.8) is 0 Å². The molecule has 1 saturated heterocycles. The number of pyridine rings is 1. The lowest BCUT2D eigenvalue weighted by molar-refractivity contribution is -0.143. The van der Waals surface area contributed by atoms with Crippen molar-refractivity contribution < 1.29 is 19.1 Å². The number of carbonyl (C=O) groups is 3. The van der Waals surface area contributed by atoms with E-state index >= 15 is 0 Å². The van der Waals surface area contributed by atoms with Crippen LogP contribution in [-0.2, 0) is 14.4 Å². The summed E-state index contributed by atoms with van der Waals surface area (Å²) in [5.74, 6) is 0.645. The lowest BCUT2D eigenvalue weighted by Gasteiger charge is -2.36. The van der Waals surface area contributed by atoms with Gasteiger partial charge in [-0.2, -0.15) is 0 Å². The van der Waals surface area contributed by atoms with Crippen LogP contribution in [0, 0.1) is 5.41 Å². The molecule has 1 aliphatic rings. The lowest BCUT2D eigenvalue weighted by Crippen LogP contribution is -2.59. The monoisotopic (exact) mass is 562 g/mol. The number of carbonyl (C=O) groups excluding carboxylic acids is 3. The standard InChI is InChI=1S/C29H38N8O4/c1-17(30-5)26(38)36-24(29(2,3)4)28(40)37-13-9-10-21(37)27(39)34-20-14-18-19(15-22(20)41-6)32-16-33-25(18)35-23-11-7-8-12-31-23/h7-8,11-12,14-17,21,24,30H,9-10,13H2,1-6H3,(H,34,39)(H,36,38)(H,31,32,33,35). The Morgan fingerprint density at radius 2 is 1.90 bits per heavy atom. The van der Waals surface area contributed by atoms with Gasteiger partial charge < -0.3 is 30.9 Å². The summed E-state index contributed by atoms with van der Waals surface area (Å²) in [6.45, 7) is 7.82. The molecule has 41 heavy (non-hydrogen) atoms. The van der Waals surface area contributed by atoms with Gasteiger partial charge in [0, 0.05) is 24.2 Å². The first-order valence-corrected chi connectivity index (χ1v) is 13.6. The van der Waals surface area contributed by atoms with E-state index in [1.54, 1.807) is 37.2 Å². The highest BCUT2D eigenvalue weighted by molar-refractivity contribution is 6.03. The maximum Gasteiger partial charge on any atom is 0.247 e.